The second-order valence-corrected chi connectivity index (χ2v) is 4.96. The van der Waals surface area contributed by atoms with Crippen molar-refractivity contribution in [3.05, 3.63) is 53.4 Å². The second-order valence-electron chi connectivity index (χ2n) is 4.96. The topological polar surface area (TPSA) is 44.5 Å². The van der Waals surface area contributed by atoms with Crippen molar-refractivity contribution in [3.63, 3.8) is 0 Å². The van der Waals surface area contributed by atoms with Gasteiger partial charge in [-0.1, -0.05) is 65.8 Å². The van der Waals surface area contributed by atoms with Crippen molar-refractivity contribution in [1.29, 1.82) is 0 Å². The quantitative estimate of drug-likeness (QED) is 0.416. The molecule has 1 aromatic heterocycles. The largest absolute Gasteiger partial charge is 0.454 e. The van der Waals surface area contributed by atoms with Crippen molar-refractivity contribution < 1.29 is 13.9 Å². The fourth-order valence-electron chi connectivity index (χ4n) is 2.27. The van der Waals surface area contributed by atoms with Crippen molar-refractivity contribution in [2.45, 2.75) is 62.3 Å². The number of ether oxygens (including phenoxy) is 2. The number of hydrogen-bond donors (Lipinski definition) is 0. The van der Waals surface area contributed by atoms with Gasteiger partial charge in [0.25, 0.3) is 0 Å². The highest BCUT2D eigenvalue weighted by Gasteiger charge is 2.13. The van der Waals surface area contributed by atoms with Gasteiger partial charge < -0.3 is 13.9 Å². The maximum Gasteiger partial charge on any atom is 0.231 e. The summed E-state index contributed by atoms with van der Waals surface area (Å²) in [5.74, 6) is 2.48. The molecule has 1 aliphatic heterocycles. The molecule has 3 aromatic rings. The Morgan fingerprint density at radius 2 is 1.33 bits per heavy atom. The minimum atomic E-state index is 0.361. The summed E-state index contributed by atoms with van der Waals surface area (Å²) >= 11 is 0. The summed E-state index contributed by atoms with van der Waals surface area (Å²) in [7, 11) is 0. The molecule has 4 heteroatoms. The molecule has 4 rings (SSSR count). The Morgan fingerprint density at radius 1 is 0.741 bits per heavy atom. The predicted molar refractivity (Wildman–Crippen MR) is 115 cm³/mol. The summed E-state index contributed by atoms with van der Waals surface area (Å²) in [6.07, 6.45) is 0. The Labute approximate surface area is 164 Å². The highest BCUT2D eigenvalue weighted by molar-refractivity contribution is 5.75. The van der Waals surface area contributed by atoms with Gasteiger partial charge in [0.2, 0.25) is 6.79 Å². The average molecular weight is 374 g/mol. The SMILES string of the molecule is CC.CC.CC.Cc1cccc2c1OCO2.Cc1nc2cccc(C)c2o1. The van der Waals surface area contributed by atoms with Crippen molar-refractivity contribution in [2.75, 3.05) is 6.79 Å². The summed E-state index contributed by atoms with van der Waals surface area (Å²) in [6, 6.07) is 11.8. The van der Waals surface area contributed by atoms with Crippen molar-refractivity contribution in [2.24, 2.45) is 0 Å². The minimum Gasteiger partial charge on any atom is -0.454 e. The first kappa shape index (κ1) is 24.5. The second kappa shape index (κ2) is 13.7. The monoisotopic (exact) mass is 373 g/mol. The summed E-state index contributed by atoms with van der Waals surface area (Å²) in [5, 5.41) is 0. The van der Waals surface area contributed by atoms with E-state index in [9.17, 15) is 0 Å². The van der Waals surface area contributed by atoms with Crippen LogP contribution in [0.25, 0.3) is 11.1 Å². The summed E-state index contributed by atoms with van der Waals surface area (Å²) in [5.41, 5.74) is 4.13. The third-order valence-corrected chi connectivity index (χ3v) is 3.31. The lowest BCUT2D eigenvalue weighted by molar-refractivity contribution is 0.173. The molecule has 0 spiro atoms. The van der Waals surface area contributed by atoms with Crippen LogP contribution >= 0.6 is 0 Å². The van der Waals surface area contributed by atoms with Crippen LogP contribution in [-0.4, -0.2) is 11.8 Å². The predicted octanol–water partition coefficient (Wildman–Crippen LogP) is 7.25. The van der Waals surface area contributed by atoms with Crippen LogP contribution < -0.4 is 9.47 Å². The average Bonchev–Trinajstić information content (AvgIpc) is 3.35. The van der Waals surface area contributed by atoms with Crippen LogP contribution in [-0.2, 0) is 0 Å². The fourth-order valence-corrected chi connectivity index (χ4v) is 2.27. The Morgan fingerprint density at radius 3 is 1.93 bits per heavy atom. The summed E-state index contributed by atoms with van der Waals surface area (Å²) < 4.78 is 15.8. The molecule has 0 amide bonds. The molecular weight excluding hydrogens is 338 g/mol. The molecular formula is C23H35NO3. The number of fused-ring (bicyclic) bond motifs is 2. The zero-order valence-corrected chi connectivity index (χ0v) is 18.3. The van der Waals surface area contributed by atoms with Gasteiger partial charge in [-0.15, -0.1) is 0 Å². The van der Waals surface area contributed by atoms with Crippen LogP contribution in [0.15, 0.2) is 40.8 Å². The van der Waals surface area contributed by atoms with E-state index < -0.39 is 0 Å². The molecule has 0 saturated carbocycles. The lowest BCUT2D eigenvalue weighted by atomic mass is 10.2. The molecule has 2 heterocycles. The van der Waals surface area contributed by atoms with Crippen LogP contribution in [0.2, 0.25) is 0 Å². The molecule has 0 aliphatic carbocycles. The van der Waals surface area contributed by atoms with Crippen LogP contribution in [0, 0.1) is 20.8 Å². The summed E-state index contributed by atoms with van der Waals surface area (Å²) in [6.45, 7) is 18.3. The summed E-state index contributed by atoms with van der Waals surface area (Å²) in [4.78, 5) is 4.21. The Kier molecular flexibility index (Phi) is 12.4. The zero-order chi connectivity index (χ0) is 20.8. The van der Waals surface area contributed by atoms with E-state index in [1.165, 1.54) is 0 Å². The Hall–Kier alpha value is -2.49. The first-order valence-electron chi connectivity index (χ1n) is 9.83. The molecule has 0 N–H and O–H groups in total. The van der Waals surface area contributed by atoms with Crippen LogP contribution in [0.5, 0.6) is 11.5 Å². The molecule has 0 radical (unpaired) electrons. The molecule has 0 bridgehead atoms. The third kappa shape index (κ3) is 6.97. The van der Waals surface area contributed by atoms with E-state index in [2.05, 4.69) is 4.98 Å². The number of aryl methyl sites for hydroxylation is 3. The van der Waals surface area contributed by atoms with Crippen LogP contribution in [0.3, 0.4) is 0 Å². The standard InChI is InChI=1S/C9H9NO.C8H8O2.3C2H6/c1-6-4-3-5-8-9(6)11-7(2)10-8;1-6-3-2-4-7-8(6)10-5-9-7;3*1-2/h3-5H,1-2H3;2-4H,5H2,1H3;3*1-2H3. The van der Waals surface area contributed by atoms with E-state index >= 15 is 0 Å². The number of benzene rings is 2. The fraction of sp³-hybridized carbons (Fsp3) is 0.435. The van der Waals surface area contributed by atoms with E-state index in [1.807, 2.05) is 98.7 Å². The minimum absolute atomic E-state index is 0.361. The first-order valence-corrected chi connectivity index (χ1v) is 9.83. The van der Waals surface area contributed by atoms with Crippen LogP contribution in [0.4, 0.5) is 0 Å². The molecule has 2 aromatic carbocycles. The van der Waals surface area contributed by atoms with Crippen molar-refractivity contribution in [1.82, 2.24) is 4.98 Å². The molecule has 27 heavy (non-hydrogen) atoms. The maximum atomic E-state index is 5.39. The van der Waals surface area contributed by atoms with Gasteiger partial charge in [-0.2, -0.15) is 0 Å². The van der Waals surface area contributed by atoms with Crippen LogP contribution in [0.1, 0.15) is 58.6 Å². The molecule has 0 saturated heterocycles. The highest BCUT2D eigenvalue weighted by Crippen LogP contribution is 2.34. The smallest absolute Gasteiger partial charge is 0.231 e. The molecule has 4 nitrogen and oxygen atoms in total. The van der Waals surface area contributed by atoms with Crippen molar-refractivity contribution >= 4 is 11.1 Å². The highest BCUT2D eigenvalue weighted by atomic mass is 16.7. The lowest BCUT2D eigenvalue weighted by Gasteiger charge is -1.96. The van der Waals surface area contributed by atoms with E-state index in [0.29, 0.717) is 6.79 Å². The van der Waals surface area contributed by atoms with Gasteiger partial charge >= 0.3 is 0 Å². The van der Waals surface area contributed by atoms with Gasteiger partial charge in [-0.3, -0.25) is 0 Å². The van der Waals surface area contributed by atoms with E-state index in [-0.39, 0.29) is 0 Å². The normalized spacial score (nSPS) is 10.1. The number of oxazole rings is 1. The van der Waals surface area contributed by atoms with Gasteiger partial charge in [0, 0.05) is 6.92 Å². The van der Waals surface area contributed by atoms with Crippen molar-refractivity contribution in [3.8, 4) is 11.5 Å². The molecule has 0 fully saturated rings. The van der Waals surface area contributed by atoms with E-state index in [1.54, 1.807) is 0 Å². The van der Waals surface area contributed by atoms with Gasteiger partial charge in [0.15, 0.2) is 23.0 Å². The first-order chi connectivity index (χ1) is 13.1. The number of hydrogen-bond acceptors (Lipinski definition) is 4. The van der Waals surface area contributed by atoms with Gasteiger partial charge in [-0.05, 0) is 37.1 Å². The molecule has 0 unspecified atom stereocenters. The number of rotatable bonds is 0. The molecule has 1 aliphatic rings. The lowest BCUT2D eigenvalue weighted by Crippen LogP contribution is -1.93. The number of aromatic nitrogens is 1. The zero-order valence-electron chi connectivity index (χ0n) is 18.3. The maximum absolute atomic E-state index is 5.39. The number of nitrogens with zero attached hydrogens (tertiary/aromatic N) is 1. The molecule has 0 atom stereocenters. The van der Waals surface area contributed by atoms with E-state index in [4.69, 9.17) is 13.9 Å². The van der Waals surface area contributed by atoms with Gasteiger partial charge in [0.05, 0.1) is 0 Å². The Bertz CT molecular complexity index is 778. The number of para-hydroxylation sites is 2. The van der Waals surface area contributed by atoms with Gasteiger partial charge in [-0.25, -0.2) is 4.98 Å². The Balaban J connectivity index is 0.000000394. The molecule has 150 valence electrons. The van der Waals surface area contributed by atoms with E-state index in [0.717, 1.165) is 39.6 Å². The van der Waals surface area contributed by atoms with Gasteiger partial charge in [0.1, 0.15) is 5.52 Å². The third-order valence-electron chi connectivity index (χ3n) is 3.31.